The van der Waals surface area contributed by atoms with Crippen molar-refractivity contribution in [2.75, 3.05) is 0 Å². The largest absolute Gasteiger partial charge is 0.268 e. The third kappa shape index (κ3) is 3.99. The van der Waals surface area contributed by atoms with Crippen LogP contribution in [-0.4, -0.2) is 9.55 Å². The Morgan fingerprint density at radius 3 is 2.47 bits per heavy atom. The molecular formula is C26H19ClN2OS2. The first-order valence-corrected chi connectivity index (χ1v) is 12.3. The van der Waals surface area contributed by atoms with Crippen molar-refractivity contribution in [2.45, 2.75) is 17.8 Å². The Bertz CT molecular complexity index is 1470. The summed E-state index contributed by atoms with van der Waals surface area (Å²) < 4.78 is 1.74. The maximum Gasteiger partial charge on any atom is 0.267 e. The fourth-order valence-corrected chi connectivity index (χ4v) is 5.96. The van der Waals surface area contributed by atoms with E-state index >= 15 is 0 Å². The number of halogens is 1. The quantitative estimate of drug-likeness (QED) is 0.197. The van der Waals surface area contributed by atoms with Gasteiger partial charge in [-0.3, -0.25) is 9.36 Å². The molecule has 6 heteroatoms. The molecule has 0 aliphatic heterocycles. The van der Waals surface area contributed by atoms with E-state index in [1.165, 1.54) is 11.8 Å². The normalized spacial score (nSPS) is 11.2. The van der Waals surface area contributed by atoms with Crippen molar-refractivity contribution in [1.29, 1.82) is 0 Å². The van der Waals surface area contributed by atoms with Crippen LogP contribution in [0.1, 0.15) is 11.1 Å². The van der Waals surface area contributed by atoms with E-state index in [0.717, 1.165) is 32.1 Å². The molecular weight excluding hydrogens is 456 g/mol. The molecule has 0 fully saturated rings. The van der Waals surface area contributed by atoms with Crippen molar-refractivity contribution < 1.29 is 0 Å². The zero-order valence-corrected chi connectivity index (χ0v) is 19.7. The van der Waals surface area contributed by atoms with Gasteiger partial charge in [-0.15, -0.1) is 11.3 Å². The Kier molecular flexibility index (Phi) is 5.87. The van der Waals surface area contributed by atoms with Gasteiger partial charge in [-0.2, -0.15) is 0 Å². The second kappa shape index (κ2) is 8.94. The first-order valence-electron chi connectivity index (χ1n) is 10.2. The maximum atomic E-state index is 13.7. The molecule has 0 aliphatic carbocycles. The van der Waals surface area contributed by atoms with E-state index in [1.807, 2.05) is 79.7 Å². The molecule has 0 amide bonds. The fourth-order valence-electron chi connectivity index (χ4n) is 3.59. The third-order valence-electron chi connectivity index (χ3n) is 5.26. The van der Waals surface area contributed by atoms with Gasteiger partial charge in [-0.25, -0.2) is 4.98 Å². The van der Waals surface area contributed by atoms with E-state index in [9.17, 15) is 4.79 Å². The number of benzene rings is 3. The topological polar surface area (TPSA) is 34.9 Å². The minimum Gasteiger partial charge on any atom is -0.268 e. The van der Waals surface area contributed by atoms with Gasteiger partial charge in [0.15, 0.2) is 5.16 Å². The van der Waals surface area contributed by atoms with E-state index in [2.05, 4.69) is 12.1 Å². The Morgan fingerprint density at radius 2 is 1.69 bits per heavy atom. The fraction of sp³-hybridized carbons (Fsp3) is 0.0769. The van der Waals surface area contributed by atoms with Gasteiger partial charge in [0.25, 0.3) is 5.56 Å². The molecule has 3 nitrogen and oxygen atoms in total. The molecule has 0 unspecified atom stereocenters. The van der Waals surface area contributed by atoms with Crippen LogP contribution in [0.5, 0.6) is 0 Å². The minimum absolute atomic E-state index is 0.0515. The van der Waals surface area contributed by atoms with E-state index in [0.29, 0.717) is 21.3 Å². The summed E-state index contributed by atoms with van der Waals surface area (Å²) in [7, 11) is 0. The summed E-state index contributed by atoms with van der Waals surface area (Å²) in [5.74, 6) is 0.625. The van der Waals surface area contributed by atoms with Crippen molar-refractivity contribution in [3.05, 3.63) is 111 Å². The molecule has 3 aromatic carbocycles. The molecule has 0 aliphatic rings. The van der Waals surface area contributed by atoms with Gasteiger partial charge in [-0.1, -0.05) is 90.1 Å². The van der Waals surface area contributed by atoms with Gasteiger partial charge >= 0.3 is 0 Å². The van der Waals surface area contributed by atoms with Crippen LogP contribution < -0.4 is 5.56 Å². The maximum absolute atomic E-state index is 13.7. The molecule has 0 saturated carbocycles. The highest BCUT2D eigenvalue weighted by Crippen LogP contribution is 2.34. The number of para-hydroxylation sites is 1. The molecule has 0 saturated heterocycles. The van der Waals surface area contributed by atoms with Crippen LogP contribution in [0.25, 0.3) is 26.3 Å². The van der Waals surface area contributed by atoms with Crippen molar-refractivity contribution in [3.63, 3.8) is 0 Å². The van der Waals surface area contributed by atoms with Crippen molar-refractivity contribution in [1.82, 2.24) is 9.55 Å². The number of thioether (sulfide) groups is 1. The predicted molar refractivity (Wildman–Crippen MR) is 136 cm³/mol. The summed E-state index contributed by atoms with van der Waals surface area (Å²) in [6.07, 6.45) is 0. The first kappa shape index (κ1) is 21.0. The number of thiophene rings is 1. The van der Waals surface area contributed by atoms with Gasteiger partial charge in [0.2, 0.25) is 0 Å². The third-order valence-corrected chi connectivity index (χ3v) is 7.70. The SMILES string of the molecule is Cc1ccccc1-n1c(SCc2ccccc2Cl)nc2sc(-c3ccccc3)cc2c1=O. The van der Waals surface area contributed by atoms with Gasteiger partial charge in [0, 0.05) is 15.7 Å². The van der Waals surface area contributed by atoms with E-state index < -0.39 is 0 Å². The van der Waals surface area contributed by atoms with E-state index in [-0.39, 0.29) is 5.56 Å². The number of aromatic nitrogens is 2. The lowest BCUT2D eigenvalue weighted by Crippen LogP contribution is -2.21. The Balaban J connectivity index is 1.68. The summed E-state index contributed by atoms with van der Waals surface area (Å²) >= 11 is 9.44. The summed E-state index contributed by atoms with van der Waals surface area (Å²) in [6.45, 7) is 2.01. The zero-order chi connectivity index (χ0) is 22.1. The van der Waals surface area contributed by atoms with Crippen LogP contribution in [0.2, 0.25) is 5.02 Å². The number of hydrogen-bond donors (Lipinski definition) is 0. The summed E-state index contributed by atoms with van der Waals surface area (Å²) in [4.78, 5) is 20.4. The van der Waals surface area contributed by atoms with Crippen LogP contribution in [0, 0.1) is 6.92 Å². The highest BCUT2D eigenvalue weighted by molar-refractivity contribution is 7.98. The van der Waals surface area contributed by atoms with E-state index in [1.54, 1.807) is 15.9 Å². The van der Waals surface area contributed by atoms with Crippen molar-refractivity contribution in [3.8, 4) is 16.1 Å². The standard InChI is InChI=1S/C26H19ClN2OS2/c1-17-9-5-8-14-22(17)29-25(30)20-15-23(18-10-3-2-4-11-18)32-24(20)28-26(29)31-16-19-12-6-7-13-21(19)27/h2-15H,16H2,1H3. The smallest absolute Gasteiger partial charge is 0.267 e. The van der Waals surface area contributed by atoms with Crippen LogP contribution >= 0.6 is 34.7 Å². The van der Waals surface area contributed by atoms with Gasteiger partial charge in [0.1, 0.15) is 4.83 Å². The van der Waals surface area contributed by atoms with Gasteiger partial charge < -0.3 is 0 Å². The van der Waals surface area contributed by atoms with Crippen molar-refractivity contribution >= 4 is 44.9 Å². The average Bonchev–Trinajstić information content (AvgIpc) is 3.25. The van der Waals surface area contributed by atoms with Gasteiger partial charge in [0.05, 0.1) is 11.1 Å². The molecule has 5 aromatic rings. The Morgan fingerprint density at radius 1 is 0.969 bits per heavy atom. The number of hydrogen-bond acceptors (Lipinski definition) is 4. The number of nitrogens with zero attached hydrogens (tertiary/aromatic N) is 2. The predicted octanol–water partition coefficient (Wildman–Crippen LogP) is 7.37. The second-order valence-corrected chi connectivity index (χ2v) is 9.78. The minimum atomic E-state index is -0.0515. The number of rotatable bonds is 5. The van der Waals surface area contributed by atoms with Crippen LogP contribution in [0.4, 0.5) is 0 Å². The molecule has 2 heterocycles. The Hall–Kier alpha value is -2.86. The second-order valence-electron chi connectivity index (χ2n) is 7.40. The van der Waals surface area contributed by atoms with Gasteiger partial charge in [-0.05, 0) is 41.8 Å². The molecule has 0 radical (unpaired) electrons. The molecule has 0 N–H and O–H groups in total. The molecule has 2 aromatic heterocycles. The highest BCUT2D eigenvalue weighted by Gasteiger charge is 2.18. The number of aryl methyl sites for hydroxylation is 1. The molecule has 0 spiro atoms. The molecule has 32 heavy (non-hydrogen) atoms. The summed E-state index contributed by atoms with van der Waals surface area (Å²) in [6, 6.07) is 27.7. The molecule has 5 rings (SSSR count). The van der Waals surface area contributed by atoms with E-state index in [4.69, 9.17) is 16.6 Å². The lowest BCUT2D eigenvalue weighted by Gasteiger charge is -2.14. The number of fused-ring (bicyclic) bond motifs is 1. The first-order chi connectivity index (χ1) is 15.6. The highest BCUT2D eigenvalue weighted by atomic mass is 35.5. The lowest BCUT2D eigenvalue weighted by atomic mass is 10.2. The van der Waals surface area contributed by atoms with Crippen LogP contribution in [-0.2, 0) is 5.75 Å². The summed E-state index contributed by atoms with van der Waals surface area (Å²) in [5.41, 5.74) is 3.92. The van der Waals surface area contributed by atoms with Crippen LogP contribution in [0.3, 0.4) is 0 Å². The monoisotopic (exact) mass is 474 g/mol. The molecule has 158 valence electrons. The molecule has 0 atom stereocenters. The van der Waals surface area contributed by atoms with Crippen LogP contribution in [0.15, 0.2) is 94.9 Å². The lowest BCUT2D eigenvalue weighted by molar-refractivity contribution is 0.817. The Labute approximate surface area is 199 Å². The van der Waals surface area contributed by atoms with Crippen molar-refractivity contribution in [2.24, 2.45) is 0 Å². The zero-order valence-electron chi connectivity index (χ0n) is 17.3. The summed E-state index contributed by atoms with van der Waals surface area (Å²) in [5, 5.41) is 2.02. The molecule has 0 bridgehead atoms. The average molecular weight is 475 g/mol.